The lowest BCUT2D eigenvalue weighted by Crippen LogP contribution is -2.46. The lowest BCUT2D eigenvalue weighted by atomic mass is 9.97. The van der Waals surface area contributed by atoms with Crippen molar-refractivity contribution >= 4 is 11.3 Å². The lowest BCUT2D eigenvalue weighted by Gasteiger charge is -2.41. The highest BCUT2D eigenvalue weighted by atomic mass is 32.1. The number of nitrogens with zero attached hydrogens (tertiary/aromatic N) is 1. The van der Waals surface area contributed by atoms with Gasteiger partial charge in [0, 0.05) is 21.8 Å². The Morgan fingerprint density at radius 1 is 1.41 bits per heavy atom. The van der Waals surface area contributed by atoms with E-state index in [9.17, 15) is 0 Å². The van der Waals surface area contributed by atoms with Crippen LogP contribution in [-0.2, 0) is 0 Å². The molecule has 0 aliphatic carbocycles. The van der Waals surface area contributed by atoms with Gasteiger partial charge in [0.15, 0.2) is 0 Å². The van der Waals surface area contributed by atoms with Crippen molar-refractivity contribution in [2.45, 2.75) is 58.2 Å². The van der Waals surface area contributed by atoms with Crippen LogP contribution in [0.2, 0.25) is 0 Å². The van der Waals surface area contributed by atoms with Crippen LogP contribution < -0.4 is 5.73 Å². The normalized spacial score (nSPS) is 25.8. The largest absolute Gasteiger partial charge is 0.326 e. The van der Waals surface area contributed by atoms with Crippen molar-refractivity contribution in [3.05, 3.63) is 21.9 Å². The lowest BCUT2D eigenvalue weighted by molar-refractivity contribution is 0.0943. The smallest absolute Gasteiger partial charge is 0.0593 e. The Bertz CT molecular complexity index is 359. The molecule has 0 aromatic carbocycles. The summed E-state index contributed by atoms with van der Waals surface area (Å²) in [5, 5.41) is 0. The van der Waals surface area contributed by atoms with Crippen LogP contribution in [0.25, 0.3) is 0 Å². The van der Waals surface area contributed by atoms with Crippen molar-refractivity contribution in [3.8, 4) is 0 Å². The van der Waals surface area contributed by atoms with Gasteiger partial charge < -0.3 is 5.73 Å². The molecular formula is C14H24N2S. The topological polar surface area (TPSA) is 29.3 Å². The molecule has 2 heterocycles. The second kappa shape index (κ2) is 5.51. The van der Waals surface area contributed by atoms with Gasteiger partial charge in [-0.05, 0) is 52.3 Å². The zero-order valence-electron chi connectivity index (χ0n) is 11.1. The Labute approximate surface area is 109 Å². The Hall–Kier alpha value is -0.380. The summed E-state index contributed by atoms with van der Waals surface area (Å²) in [4.78, 5) is 5.43. The molecular weight excluding hydrogens is 228 g/mol. The SMILES string of the molecule is Cc1ccc(C(C(C)N)N2CCCCC2C)s1. The summed E-state index contributed by atoms with van der Waals surface area (Å²) in [6.07, 6.45) is 4.00. The summed E-state index contributed by atoms with van der Waals surface area (Å²) in [7, 11) is 0. The van der Waals surface area contributed by atoms with Gasteiger partial charge >= 0.3 is 0 Å². The van der Waals surface area contributed by atoms with E-state index in [1.807, 2.05) is 11.3 Å². The van der Waals surface area contributed by atoms with Crippen molar-refractivity contribution in [2.24, 2.45) is 5.73 Å². The summed E-state index contributed by atoms with van der Waals surface area (Å²) in [5.41, 5.74) is 6.24. The van der Waals surface area contributed by atoms with Crippen LogP contribution >= 0.6 is 11.3 Å². The molecule has 1 aliphatic heterocycles. The Balaban J connectivity index is 2.22. The molecule has 1 aromatic rings. The zero-order valence-corrected chi connectivity index (χ0v) is 12.0. The van der Waals surface area contributed by atoms with Crippen molar-refractivity contribution in [3.63, 3.8) is 0 Å². The number of piperidine rings is 1. The number of aryl methyl sites for hydroxylation is 1. The fourth-order valence-electron chi connectivity index (χ4n) is 2.87. The molecule has 1 aliphatic rings. The minimum absolute atomic E-state index is 0.202. The predicted molar refractivity (Wildman–Crippen MR) is 75.5 cm³/mol. The van der Waals surface area contributed by atoms with Crippen molar-refractivity contribution in [1.82, 2.24) is 4.90 Å². The fraction of sp³-hybridized carbons (Fsp3) is 0.714. The van der Waals surface area contributed by atoms with Crippen molar-refractivity contribution in [1.29, 1.82) is 0 Å². The van der Waals surface area contributed by atoms with Crippen molar-refractivity contribution in [2.75, 3.05) is 6.54 Å². The number of nitrogens with two attached hydrogens (primary N) is 1. The third-order valence-corrected chi connectivity index (χ3v) is 4.83. The first-order valence-electron chi connectivity index (χ1n) is 6.67. The van der Waals surface area contributed by atoms with E-state index in [0.29, 0.717) is 12.1 Å². The molecule has 96 valence electrons. The van der Waals surface area contributed by atoms with E-state index in [2.05, 4.69) is 37.8 Å². The van der Waals surface area contributed by atoms with E-state index < -0.39 is 0 Å². The van der Waals surface area contributed by atoms with Gasteiger partial charge in [0.05, 0.1) is 6.04 Å². The van der Waals surface area contributed by atoms with Gasteiger partial charge in [-0.1, -0.05) is 6.42 Å². The first-order valence-corrected chi connectivity index (χ1v) is 7.49. The average Bonchev–Trinajstić information content (AvgIpc) is 2.68. The molecule has 3 atom stereocenters. The monoisotopic (exact) mass is 252 g/mol. The number of hydrogen-bond acceptors (Lipinski definition) is 3. The predicted octanol–water partition coefficient (Wildman–Crippen LogP) is 3.32. The minimum Gasteiger partial charge on any atom is -0.326 e. The number of thiophene rings is 1. The second-order valence-electron chi connectivity index (χ2n) is 5.33. The molecule has 0 saturated carbocycles. The summed E-state index contributed by atoms with van der Waals surface area (Å²) in [6.45, 7) is 7.85. The molecule has 0 radical (unpaired) electrons. The van der Waals surface area contributed by atoms with Gasteiger partial charge in [-0.25, -0.2) is 0 Å². The maximum Gasteiger partial charge on any atom is 0.0593 e. The molecule has 2 nitrogen and oxygen atoms in total. The standard InChI is InChI=1S/C14H24N2S/c1-10-6-4-5-9-16(10)14(12(3)15)13-8-7-11(2)17-13/h7-8,10,12,14H,4-6,9,15H2,1-3H3. The molecule has 0 amide bonds. The summed E-state index contributed by atoms with van der Waals surface area (Å²) in [6, 6.07) is 5.75. The van der Waals surface area contributed by atoms with Gasteiger partial charge in [0.1, 0.15) is 0 Å². The molecule has 1 fully saturated rings. The molecule has 3 heteroatoms. The van der Waals surface area contributed by atoms with Gasteiger partial charge in [0.25, 0.3) is 0 Å². The van der Waals surface area contributed by atoms with E-state index in [4.69, 9.17) is 5.73 Å². The van der Waals surface area contributed by atoms with Crippen LogP contribution in [0.3, 0.4) is 0 Å². The summed E-state index contributed by atoms with van der Waals surface area (Å²) in [5.74, 6) is 0. The third kappa shape index (κ3) is 2.90. The second-order valence-corrected chi connectivity index (χ2v) is 6.65. The van der Waals surface area contributed by atoms with Crippen LogP contribution in [-0.4, -0.2) is 23.5 Å². The Morgan fingerprint density at radius 3 is 2.71 bits per heavy atom. The number of hydrogen-bond donors (Lipinski definition) is 1. The van der Waals surface area contributed by atoms with E-state index >= 15 is 0 Å². The van der Waals surface area contributed by atoms with E-state index in [-0.39, 0.29) is 6.04 Å². The maximum absolute atomic E-state index is 6.24. The quantitative estimate of drug-likeness (QED) is 0.894. The van der Waals surface area contributed by atoms with Gasteiger partial charge in [0.2, 0.25) is 0 Å². The fourth-order valence-corrected chi connectivity index (χ4v) is 3.99. The molecule has 2 rings (SSSR count). The first kappa shape index (κ1) is 13.1. The highest BCUT2D eigenvalue weighted by Gasteiger charge is 2.30. The third-order valence-electron chi connectivity index (χ3n) is 3.76. The molecule has 0 spiro atoms. The van der Waals surface area contributed by atoms with Gasteiger partial charge in [-0.15, -0.1) is 11.3 Å². The van der Waals surface area contributed by atoms with Gasteiger partial charge in [-0.2, -0.15) is 0 Å². The molecule has 1 aromatic heterocycles. The molecule has 3 unspecified atom stereocenters. The summed E-state index contributed by atoms with van der Waals surface area (Å²) >= 11 is 1.90. The number of likely N-dealkylation sites (tertiary alicyclic amines) is 1. The molecule has 0 bridgehead atoms. The van der Waals surface area contributed by atoms with Crippen LogP contribution in [0, 0.1) is 6.92 Å². The van der Waals surface area contributed by atoms with E-state index in [1.54, 1.807) is 0 Å². The highest BCUT2D eigenvalue weighted by Crippen LogP contribution is 2.33. The van der Waals surface area contributed by atoms with Crippen LogP contribution in [0.4, 0.5) is 0 Å². The van der Waals surface area contributed by atoms with E-state index in [1.165, 1.54) is 35.6 Å². The highest BCUT2D eigenvalue weighted by molar-refractivity contribution is 7.12. The van der Waals surface area contributed by atoms with Crippen LogP contribution in [0.15, 0.2) is 12.1 Å². The molecule has 2 N–H and O–H groups in total. The first-order chi connectivity index (χ1) is 8.09. The van der Waals surface area contributed by atoms with E-state index in [0.717, 1.165) is 0 Å². The minimum atomic E-state index is 0.202. The van der Waals surface area contributed by atoms with Crippen LogP contribution in [0.5, 0.6) is 0 Å². The molecule has 17 heavy (non-hydrogen) atoms. The number of rotatable bonds is 3. The van der Waals surface area contributed by atoms with Crippen molar-refractivity contribution < 1.29 is 0 Å². The zero-order chi connectivity index (χ0) is 12.4. The van der Waals surface area contributed by atoms with Gasteiger partial charge in [-0.3, -0.25) is 4.90 Å². The Morgan fingerprint density at radius 2 is 2.18 bits per heavy atom. The Kier molecular flexibility index (Phi) is 4.23. The average molecular weight is 252 g/mol. The molecule has 1 saturated heterocycles. The van der Waals surface area contributed by atoms with Crippen LogP contribution in [0.1, 0.15) is 48.9 Å². The maximum atomic E-state index is 6.24. The summed E-state index contributed by atoms with van der Waals surface area (Å²) < 4.78 is 0.